The molecule has 1 aromatic rings. The predicted molar refractivity (Wildman–Crippen MR) is 97.5 cm³/mol. The minimum absolute atomic E-state index is 0. The van der Waals surface area contributed by atoms with Crippen molar-refractivity contribution in [3.05, 3.63) is 18.2 Å². The van der Waals surface area contributed by atoms with Crippen molar-refractivity contribution >= 4 is 34.0 Å². The lowest BCUT2D eigenvalue weighted by Crippen LogP contribution is -2.26. The number of rotatable bonds is 6. The van der Waals surface area contributed by atoms with Crippen LogP contribution in [0.4, 0.5) is 5.69 Å². The second-order valence-electron chi connectivity index (χ2n) is 6.52. The summed E-state index contributed by atoms with van der Waals surface area (Å²) < 4.78 is 32.7. The number of amides is 1. The number of halogens is 1. The Morgan fingerprint density at radius 1 is 1.24 bits per heavy atom. The number of carbonyl (C=O) groups excluding carboxylic acids is 1. The minimum Gasteiger partial charge on any atom is -0.495 e. The van der Waals surface area contributed by atoms with E-state index in [-0.39, 0.29) is 47.0 Å². The minimum atomic E-state index is -3.67. The van der Waals surface area contributed by atoms with Crippen molar-refractivity contribution in [2.45, 2.75) is 49.1 Å². The summed E-state index contributed by atoms with van der Waals surface area (Å²) in [5.74, 6) is 0.0161. The van der Waals surface area contributed by atoms with Gasteiger partial charge in [-0.1, -0.05) is 0 Å². The fraction of sp³-hybridized carbons (Fsp3) is 0.562. The van der Waals surface area contributed by atoms with Crippen LogP contribution in [0.3, 0.4) is 0 Å². The summed E-state index contributed by atoms with van der Waals surface area (Å²) in [5.41, 5.74) is 6.29. The number of anilines is 1. The van der Waals surface area contributed by atoms with E-state index in [0.717, 1.165) is 25.7 Å². The Hall–Kier alpha value is -1.35. The van der Waals surface area contributed by atoms with Gasteiger partial charge in [0.2, 0.25) is 15.9 Å². The number of benzene rings is 1. The van der Waals surface area contributed by atoms with Gasteiger partial charge in [0.1, 0.15) is 10.6 Å². The molecule has 1 amide bonds. The van der Waals surface area contributed by atoms with E-state index in [0.29, 0.717) is 12.1 Å². The summed E-state index contributed by atoms with van der Waals surface area (Å²) in [6.07, 6.45) is 3.96. The van der Waals surface area contributed by atoms with E-state index in [1.807, 2.05) is 0 Å². The first kappa shape index (κ1) is 20.0. The van der Waals surface area contributed by atoms with E-state index >= 15 is 0 Å². The second kappa shape index (κ2) is 7.90. The van der Waals surface area contributed by atoms with E-state index in [9.17, 15) is 13.2 Å². The summed E-state index contributed by atoms with van der Waals surface area (Å²) in [6, 6.07) is 4.70. The van der Waals surface area contributed by atoms with Gasteiger partial charge >= 0.3 is 0 Å². The fourth-order valence-electron chi connectivity index (χ4n) is 2.95. The Labute approximate surface area is 154 Å². The number of ether oxygens (including phenoxy) is 1. The lowest BCUT2D eigenvalue weighted by atomic mass is 10.1. The number of hydrogen-bond donors (Lipinski definition) is 3. The highest BCUT2D eigenvalue weighted by atomic mass is 35.5. The van der Waals surface area contributed by atoms with Crippen molar-refractivity contribution in [3.63, 3.8) is 0 Å². The molecule has 9 heteroatoms. The molecule has 3 rings (SSSR count). The number of carbonyl (C=O) groups is 1. The molecule has 25 heavy (non-hydrogen) atoms. The van der Waals surface area contributed by atoms with Crippen LogP contribution in [0.1, 0.15) is 32.1 Å². The Bertz CT molecular complexity index is 737. The highest BCUT2D eigenvalue weighted by molar-refractivity contribution is 7.89. The molecule has 0 saturated heterocycles. The van der Waals surface area contributed by atoms with Gasteiger partial charge in [0.15, 0.2) is 0 Å². The zero-order chi connectivity index (χ0) is 17.3. The van der Waals surface area contributed by atoms with E-state index in [2.05, 4.69) is 10.0 Å². The van der Waals surface area contributed by atoms with Crippen LogP contribution in [0.15, 0.2) is 23.1 Å². The van der Waals surface area contributed by atoms with Crippen LogP contribution in [0.25, 0.3) is 0 Å². The second-order valence-corrected chi connectivity index (χ2v) is 8.20. The largest absolute Gasteiger partial charge is 0.495 e. The zero-order valence-electron chi connectivity index (χ0n) is 14.0. The maximum absolute atomic E-state index is 12.5. The van der Waals surface area contributed by atoms with Gasteiger partial charge in [-0.15, -0.1) is 12.4 Å². The monoisotopic (exact) mass is 389 g/mol. The van der Waals surface area contributed by atoms with Crippen LogP contribution in [0, 0.1) is 5.92 Å². The molecule has 7 nitrogen and oxygen atoms in total. The molecule has 0 aromatic heterocycles. The van der Waals surface area contributed by atoms with Crippen molar-refractivity contribution in [2.24, 2.45) is 11.7 Å². The molecule has 0 bridgehead atoms. The van der Waals surface area contributed by atoms with Gasteiger partial charge in [-0.05, 0) is 50.3 Å². The topological polar surface area (TPSA) is 111 Å². The molecule has 2 fully saturated rings. The van der Waals surface area contributed by atoms with Crippen molar-refractivity contribution in [1.82, 2.24) is 4.72 Å². The van der Waals surface area contributed by atoms with Crippen LogP contribution in [-0.4, -0.2) is 33.5 Å². The first-order valence-electron chi connectivity index (χ1n) is 8.16. The van der Waals surface area contributed by atoms with Gasteiger partial charge in [-0.25, -0.2) is 13.1 Å². The average molecular weight is 390 g/mol. The van der Waals surface area contributed by atoms with E-state index in [1.165, 1.54) is 13.2 Å². The quantitative estimate of drug-likeness (QED) is 0.684. The van der Waals surface area contributed by atoms with Crippen molar-refractivity contribution in [1.29, 1.82) is 0 Å². The smallest absolute Gasteiger partial charge is 0.244 e. The standard InChI is InChI=1S/C16H23N3O4S.ClH/c1-23-14-7-6-13(18-16(20)10-2-3-11(17)8-10)9-15(14)24(21,22)19-12-4-5-12;/h6-7,9-12,19H,2-5,8,17H2,1H3,(H,18,20);1H. The number of nitrogens with one attached hydrogen (secondary N) is 2. The van der Waals surface area contributed by atoms with E-state index < -0.39 is 10.0 Å². The molecule has 140 valence electrons. The molecule has 0 aliphatic heterocycles. The predicted octanol–water partition coefficient (Wildman–Crippen LogP) is 1.62. The van der Waals surface area contributed by atoms with Crippen molar-refractivity contribution < 1.29 is 17.9 Å². The van der Waals surface area contributed by atoms with Gasteiger partial charge in [-0.3, -0.25) is 4.79 Å². The maximum atomic E-state index is 12.5. The normalized spacial score (nSPS) is 23.0. The lowest BCUT2D eigenvalue weighted by molar-refractivity contribution is -0.119. The van der Waals surface area contributed by atoms with Crippen LogP contribution in [0.2, 0.25) is 0 Å². The Morgan fingerprint density at radius 2 is 1.96 bits per heavy atom. The van der Waals surface area contributed by atoms with Crippen LogP contribution in [0.5, 0.6) is 5.75 Å². The van der Waals surface area contributed by atoms with Gasteiger partial charge < -0.3 is 15.8 Å². The highest BCUT2D eigenvalue weighted by Gasteiger charge is 2.31. The SMILES string of the molecule is COc1ccc(NC(=O)C2CCC(N)C2)cc1S(=O)(=O)NC1CC1.Cl. The van der Waals surface area contributed by atoms with E-state index in [1.54, 1.807) is 12.1 Å². The number of nitrogens with two attached hydrogens (primary N) is 1. The first-order valence-corrected chi connectivity index (χ1v) is 9.64. The molecule has 2 aliphatic rings. The summed E-state index contributed by atoms with van der Waals surface area (Å²) in [6.45, 7) is 0. The number of methoxy groups -OCH3 is 1. The third-order valence-electron chi connectivity index (χ3n) is 4.46. The van der Waals surface area contributed by atoms with Gasteiger partial charge in [0.05, 0.1) is 7.11 Å². The Morgan fingerprint density at radius 3 is 2.52 bits per heavy atom. The summed E-state index contributed by atoms with van der Waals surface area (Å²) in [5, 5.41) is 2.79. The first-order chi connectivity index (χ1) is 11.4. The average Bonchev–Trinajstić information content (AvgIpc) is 3.23. The fourth-order valence-corrected chi connectivity index (χ4v) is 4.45. The van der Waals surface area contributed by atoms with Gasteiger partial charge in [0.25, 0.3) is 0 Å². The van der Waals surface area contributed by atoms with Gasteiger partial charge in [-0.2, -0.15) is 0 Å². The molecule has 1 aromatic carbocycles. The molecule has 0 heterocycles. The van der Waals surface area contributed by atoms with Crippen LogP contribution in [-0.2, 0) is 14.8 Å². The number of sulfonamides is 1. The number of hydrogen-bond acceptors (Lipinski definition) is 5. The molecular formula is C16H24ClN3O4S. The van der Waals surface area contributed by atoms with E-state index in [4.69, 9.17) is 10.5 Å². The van der Waals surface area contributed by atoms with Crippen molar-refractivity contribution in [2.75, 3.05) is 12.4 Å². The lowest BCUT2D eigenvalue weighted by Gasteiger charge is -2.14. The molecule has 4 N–H and O–H groups in total. The zero-order valence-corrected chi connectivity index (χ0v) is 15.7. The van der Waals surface area contributed by atoms with Crippen molar-refractivity contribution in [3.8, 4) is 5.75 Å². The molecule has 2 aliphatic carbocycles. The molecule has 2 atom stereocenters. The highest BCUT2D eigenvalue weighted by Crippen LogP contribution is 2.31. The third kappa shape index (κ3) is 4.84. The Kier molecular flexibility index (Phi) is 6.31. The van der Waals surface area contributed by atoms with Crippen LogP contribution < -0.4 is 20.5 Å². The summed E-state index contributed by atoms with van der Waals surface area (Å²) in [4.78, 5) is 12.3. The third-order valence-corrected chi connectivity index (χ3v) is 6.01. The summed E-state index contributed by atoms with van der Waals surface area (Å²) >= 11 is 0. The van der Waals surface area contributed by atoms with Crippen LogP contribution >= 0.6 is 12.4 Å². The molecule has 2 unspecified atom stereocenters. The Balaban J connectivity index is 0.00000225. The van der Waals surface area contributed by atoms with Gasteiger partial charge in [0, 0.05) is 23.7 Å². The summed E-state index contributed by atoms with van der Waals surface area (Å²) in [7, 11) is -2.25. The maximum Gasteiger partial charge on any atom is 0.244 e. The molecule has 2 saturated carbocycles. The molecular weight excluding hydrogens is 366 g/mol. The molecule has 0 radical (unpaired) electrons. The molecule has 0 spiro atoms.